The van der Waals surface area contributed by atoms with Crippen molar-refractivity contribution in [2.45, 2.75) is 12.8 Å². The Kier molecular flexibility index (Phi) is 3.28. The first-order valence-corrected chi connectivity index (χ1v) is 6.14. The Morgan fingerprint density at radius 3 is 2.94 bits per heavy atom. The van der Waals surface area contributed by atoms with Crippen molar-refractivity contribution in [2.75, 3.05) is 18.8 Å². The lowest BCUT2D eigenvalue weighted by Gasteiger charge is -2.14. The molecule has 1 aliphatic rings. The van der Waals surface area contributed by atoms with E-state index in [4.69, 9.17) is 10.8 Å². The van der Waals surface area contributed by atoms with Crippen molar-refractivity contribution < 1.29 is 14.7 Å². The van der Waals surface area contributed by atoms with Gasteiger partial charge in [-0.15, -0.1) is 11.3 Å². The van der Waals surface area contributed by atoms with Crippen LogP contribution in [0.15, 0.2) is 5.38 Å². The van der Waals surface area contributed by atoms with Gasteiger partial charge in [0.15, 0.2) is 5.13 Å². The van der Waals surface area contributed by atoms with E-state index in [-0.39, 0.29) is 12.3 Å². The van der Waals surface area contributed by atoms with Gasteiger partial charge < -0.3 is 15.7 Å². The quantitative estimate of drug-likeness (QED) is 0.804. The van der Waals surface area contributed by atoms with Crippen molar-refractivity contribution in [2.24, 2.45) is 5.92 Å². The fourth-order valence-electron chi connectivity index (χ4n) is 1.86. The Morgan fingerprint density at radius 1 is 1.65 bits per heavy atom. The van der Waals surface area contributed by atoms with Crippen LogP contribution in [-0.2, 0) is 16.0 Å². The number of rotatable bonds is 3. The van der Waals surface area contributed by atoms with Gasteiger partial charge in [0.2, 0.25) is 5.91 Å². The van der Waals surface area contributed by atoms with E-state index in [1.807, 2.05) is 0 Å². The highest BCUT2D eigenvalue weighted by molar-refractivity contribution is 7.13. The van der Waals surface area contributed by atoms with E-state index < -0.39 is 11.9 Å². The number of hydrogen-bond acceptors (Lipinski definition) is 5. The smallest absolute Gasteiger partial charge is 0.308 e. The van der Waals surface area contributed by atoms with Crippen molar-refractivity contribution in [1.29, 1.82) is 0 Å². The largest absolute Gasteiger partial charge is 0.481 e. The normalized spacial score (nSPS) is 19.5. The van der Waals surface area contributed by atoms with E-state index in [1.165, 1.54) is 11.3 Å². The highest BCUT2D eigenvalue weighted by Crippen LogP contribution is 2.18. The maximum absolute atomic E-state index is 11.8. The molecular formula is C10H13N3O3S. The van der Waals surface area contributed by atoms with Crippen LogP contribution in [0.5, 0.6) is 0 Å². The summed E-state index contributed by atoms with van der Waals surface area (Å²) in [6.45, 7) is 0.809. The Balaban J connectivity index is 1.91. The number of carbonyl (C=O) groups excluding carboxylic acids is 1. The van der Waals surface area contributed by atoms with Crippen LogP contribution in [0.1, 0.15) is 12.1 Å². The summed E-state index contributed by atoms with van der Waals surface area (Å²) >= 11 is 1.30. The van der Waals surface area contributed by atoms with Gasteiger partial charge in [-0.3, -0.25) is 9.59 Å². The van der Waals surface area contributed by atoms with Crippen molar-refractivity contribution in [1.82, 2.24) is 9.88 Å². The monoisotopic (exact) mass is 255 g/mol. The van der Waals surface area contributed by atoms with Crippen LogP contribution < -0.4 is 5.73 Å². The molecule has 2 rings (SSSR count). The van der Waals surface area contributed by atoms with E-state index in [0.29, 0.717) is 30.3 Å². The number of nitrogen functional groups attached to an aromatic ring is 1. The van der Waals surface area contributed by atoms with Crippen molar-refractivity contribution in [3.05, 3.63) is 11.1 Å². The fourth-order valence-corrected chi connectivity index (χ4v) is 2.42. The lowest BCUT2D eigenvalue weighted by atomic mass is 10.1. The second-order valence-electron chi connectivity index (χ2n) is 4.02. The van der Waals surface area contributed by atoms with E-state index in [2.05, 4.69) is 4.98 Å². The molecule has 1 aromatic heterocycles. The molecule has 1 atom stereocenters. The summed E-state index contributed by atoms with van der Waals surface area (Å²) in [5.74, 6) is -1.35. The predicted octanol–water partition coefficient (Wildman–Crippen LogP) is 0.201. The second-order valence-corrected chi connectivity index (χ2v) is 4.91. The van der Waals surface area contributed by atoms with Gasteiger partial charge in [0.1, 0.15) is 0 Å². The molecule has 3 N–H and O–H groups in total. The zero-order valence-corrected chi connectivity index (χ0v) is 9.94. The molecule has 0 saturated carbocycles. The molecule has 1 aromatic rings. The molecule has 1 unspecified atom stereocenters. The van der Waals surface area contributed by atoms with Gasteiger partial charge in [-0.25, -0.2) is 4.98 Å². The number of hydrogen-bond donors (Lipinski definition) is 2. The van der Waals surface area contributed by atoms with Gasteiger partial charge in [0.05, 0.1) is 18.0 Å². The third kappa shape index (κ3) is 2.73. The number of thiazole rings is 1. The Bertz CT molecular complexity index is 446. The topological polar surface area (TPSA) is 96.5 Å². The second kappa shape index (κ2) is 4.70. The van der Waals surface area contributed by atoms with Gasteiger partial charge in [-0.05, 0) is 6.42 Å². The highest BCUT2D eigenvalue weighted by Gasteiger charge is 2.30. The first kappa shape index (κ1) is 11.8. The molecule has 0 aromatic carbocycles. The van der Waals surface area contributed by atoms with Crippen molar-refractivity contribution in [3.63, 3.8) is 0 Å². The molecule has 1 fully saturated rings. The summed E-state index contributed by atoms with van der Waals surface area (Å²) in [6.07, 6.45) is 0.723. The Hall–Kier alpha value is -1.63. The summed E-state index contributed by atoms with van der Waals surface area (Å²) in [5, 5.41) is 11.0. The minimum Gasteiger partial charge on any atom is -0.481 e. The van der Waals surface area contributed by atoms with E-state index in [9.17, 15) is 9.59 Å². The summed E-state index contributed by atoms with van der Waals surface area (Å²) in [4.78, 5) is 28.2. The van der Waals surface area contributed by atoms with Crippen LogP contribution in [0.25, 0.3) is 0 Å². The summed E-state index contributed by atoms with van der Waals surface area (Å²) in [6, 6.07) is 0. The molecule has 6 nitrogen and oxygen atoms in total. The number of carboxylic acid groups (broad SMARTS) is 1. The third-order valence-electron chi connectivity index (χ3n) is 2.79. The molecule has 0 spiro atoms. The van der Waals surface area contributed by atoms with E-state index in [0.717, 1.165) is 0 Å². The van der Waals surface area contributed by atoms with Crippen LogP contribution in [0.4, 0.5) is 5.13 Å². The van der Waals surface area contributed by atoms with Crippen LogP contribution >= 0.6 is 11.3 Å². The molecule has 0 bridgehead atoms. The number of nitrogens with zero attached hydrogens (tertiary/aromatic N) is 2. The van der Waals surface area contributed by atoms with Gasteiger partial charge in [0.25, 0.3) is 0 Å². The molecule has 1 saturated heterocycles. The van der Waals surface area contributed by atoms with Crippen LogP contribution in [0, 0.1) is 5.92 Å². The SMILES string of the molecule is Nc1nc(CC(=O)N2CCC(C(=O)O)C2)cs1. The maximum Gasteiger partial charge on any atom is 0.308 e. The average molecular weight is 255 g/mol. The lowest BCUT2D eigenvalue weighted by Crippen LogP contribution is -2.31. The first-order chi connectivity index (χ1) is 8.06. The van der Waals surface area contributed by atoms with Gasteiger partial charge in [-0.1, -0.05) is 0 Å². The van der Waals surface area contributed by atoms with Crippen molar-refractivity contribution >= 4 is 28.3 Å². The fraction of sp³-hybridized carbons (Fsp3) is 0.500. The van der Waals surface area contributed by atoms with Crippen LogP contribution in [0.2, 0.25) is 0 Å². The van der Waals surface area contributed by atoms with Gasteiger partial charge >= 0.3 is 5.97 Å². The molecule has 1 aliphatic heterocycles. The molecule has 0 aliphatic carbocycles. The number of aromatic nitrogens is 1. The van der Waals surface area contributed by atoms with E-state index >= 15 is 0 Å². The maximum atomic E-state index is 11.8. The molecule has 0 radical (unpaired) electrons. The minimum absolute atomic E-state index is 0.0842. The Morgan fingerprint density at radius 2 is 2.41 bits per heavy atom. The average Bonchev–Trinajstić information content (AvgIpc) is 2.86. The number of aliphatic carboxylic acids is 1. The number of nitrogens with two attached hydrogens (primary N) is 1. The molecule has 92 valence electrons. The lowest BCUT2D eigenvalue weighted by molar-refractivity contribution is -0.141. The number of likely N-dealkylation sites (tertiary alicyclic amines) is 1. The number of carbonyl (C=O) groups is 2. The number of amides is 1. The standard InChI is InChI=1S/C10H13N3O3S/c11-10-12-7(5-17-10)3-8(14)13-2-1-6(4-13)9(15)16/h5-6H,1-4H2,(H2,11,12)(H,15,16). The Labute approximate surface area is 102 Å². The zero-order valence-electron chi connectivity index (χ0n) is 9.13. The summed E-state index contributed by atoms with van der Waals surface area (Å²) in [7, 11) is 0. The summed E-state index contributed by atoms with van der Waals surface area (Å²) < 4.78 is 0. The minimum atomic E-state index is -0.835. The molecule has 2 heterocycles. The van der Waals surface area contributed by atoms with Gasteiger partial charge in [0, 0.05) is 18.5 Å². The first-order valence-electron chi connectivity index (χ1n) is 5.26. The van der Waals surface area contributed by atoms with Crippen LogP contribution in [0.3, 0.4) is 0 Å². The van der Waals surface area contributed by atoms with Gasteiger partial charge in [-0.2, -0.15) is 0 Å². The van der Waals surface area contributed by atoms with Crippen molar-refractivity contribution in [3.8, 4) is 0 Å². The number of anilines is 1. The molecular weight excluding hydrogens is 242 g/mol. The third-order valence-corrected chi connectivity index (χ3v) is 3.51. The molecule has 7 heteroatoms. The highest BCUT2D eigenvalue weighted by atomic mass is 32.1. The predicted molar refractivity (Wildman–Crippen MR) is 62.6 cm³/mol. The van der Waals surface area contributed by atoms with Crippen LogP contribution in [-0.4, -0.2) is 40.0 Å². The molecule has 17 heavy (non-hydrogen) atoms. The molecule has 1 amide bonds. The van der Waals surface area contributed by atoms with E-state index in [1.54, 1.807) is 10.3 Å². The zero-order chi connectivity index (χ0) is 12.4. The summed E-state index contributed by atoms with van der Waals surface area (Å²) in [5.41, 5.74) is 6.12. The number of carboxylic acids is 1.